The first-order valence-corrected chi connectivity index (χ1v) is 5.60. The molecular formula is C14H14N2O. The van der Waals surface area contributed by atoms with Gasteiger partial charge in [0.25, 0.3) is 0 Å². The summed E-state index contributed by atoms with van der Waals surface area (Å²) in [6.45, 7) is 6.50. The molecule has 3 nitrogen and oxygen atoms in total. The Balaban J connectivity index is 2.70. The Morgan fingerprint density at radius 1 is 1.24 bits per heavy atom. The molecule has 2 aromatic rings. The molecule has 0 radical (unpaired) electrons. The standard InChI is InChI=1S/C14H14N2O/c1-4-17-14-12(8-15)7-11-5-9(2)10(3)6-13(11)16-14/h5-7H,4H2,1-3H3. The van der Waals surface area contributed by atoms with Crippen molar-refractivity contribution in [1.29, 1.82) is 5.26 Å². The molecule has 0 spiro atoms. The fourth-order valence-corrected chi connectivity index (χ4v) is 1.75. The Kier molecular flexibility index (Phi) is 2.97. The molecule has 0 unspecified atom stereocenters. The summed E-state index contributed by atoms with van der Waals surface area (Å²) < 4.78 is 5.37. The second-order valence-corrected chi connectivity index (χ2v) is 4.02. The maximum Gasteiger partial charge on any atom is 0.232 e. The molecule has 0 aliphatic heterocycles. The quantitative estimate of drug-likeness (QED) is 0.790. The van der Waals surface area contributed by atoms with Crippen LogP contribution in [0.2, 0.25) is 0 Å². The lowest BCUT2D eigenvalue weighted by molar-refractivity contribution is 0.327. The normalized spacial score (nSPS) is 10.2. The third kappa shape index (κ3) is 2.07. The van der Waals surface area contributed by atoms with Crippen LogP contribution in [-0.2, 0) is 0 Å². The smallest absolute Gasteiger partial charge is 0.232 e. The van der Waals surface area contributed by atoms with E-state index in [4.69, 9.17) is 10.00 Å². The van der Waals surface area contributed by atoms with Crippen LogP contribution in [0.3, 0.4) is 0 Å². The summed E-state index contributed by atoms with van der Waals surface area (Å²) in [5.74, 6) is 0.422. The van der Waals surface area contributed by atoms with E-state index in [0.717, 1.165) is 10.9 Å². The molecular weight excluding hydrogens is 212 g/mol. The monoisotopic (exact) mass is 226 g/mol. The van der Waals surface area contributed by atoms with Gasteiger partial charge >= 0.3 is 0 Å². The molecule has 0 aliphatic carbocycles. The number of hydrogen-bond donors (Lipinski definition) is 0. The number of nitrogens with zero attached hydrogens (tertiary/aromatic N) is 2. The Bertz CT molecular complexity index is 612. The highest BCUT2D eigenvalue weighted by atomic mass is 16.5. The van der Waals surface area contributed by atoms with Crippen LogP contribution in [-0.4, -0.2) is 11.6 Å². The molecule has 0 N–H and O–H groups in total. The van der Waals surface area contributed by atoms with Gasteiger partial charge in [-0.25, -0.2) is 4.98 Å². The van der Waals surface area contributed by atoms with Gasteiger partial charge in [0.2, 0.25) is 5.88 Å². The van der Waals surface area contributed by atoms with Crippen molar-refractivity contribution in [3.8, 4) is 11.9 Å². The SMILES string of the molecule is CCOc1nc2cc(C)c(C)cc2cc1C#N. The lowest BCUT2D eigenvalue weighted by Crippen LogP contribution is -1.98. The van der Waals surface area contributed by atoms with Crippen LogP contribution in [0.4, 0.5) is 0 Å². The highest BCUT2D eigenvalue weighted by molar-refractivity contribution is 5.82. The van der Waals surface area contributed by atoms with Crippen LogP contribution < -0.4 is 4.74 Å². The van der Waals surface area contributed by atoms with E-state index in [2.05, 4.69) is 24.9 Å². The van der Waals surface area contributed by atoms with E-state index in [9.17, 15) is 0 Å². The number of rotatable bonds is 2. The average molecular weight is 226 g/mol. The highest BCUT2D eigenvalue weighted by Gasteiger charge is 2.08. The lowest BCUT2D eigenvalue weighted by atomic mass is 10.1. The summed E-state index contributed by atoms with van der Waals surface area (Å²) in [6, 6.07) is 8.02. The van der Waals surface area contributed by atoms with E-state index in [-0.39, 0.29) is 0 Å². The van der Waals surface area contributed by atoms with Crippen molar-refractivity contribution in [2.75, 3.05) is 6.61 Å². The zero-order valence-electron chi connectivity index (χ0n) is 10.2. The predicted molar refractivity (Wildman–Crippen MR) is 67.1 cm³/mol. The molecule has 0 aliphatic rings. The fraction of sp³-hybridized carbons (Fsp3) is 0.286. The molecule has 0 atom stereocenters. The van der Waals surface area contributed by atoms with Crippen LogP contribution in [0.25, 0.3) is 10.9 Å². The first kappa shape index (κ1) is 11.4. The van der Waals surface area contributed by atoms with E-state index < -0.39 is 0 Å². The molecule has 17 heavy (non-hydrogen) atoms. The van der Waals surface area contributed by atoms with Gasteiger partial charge in [0.15, 0.2) is 0 Å². The molecule has 86 valence electrons. The molecule has 0 amide bonds. The lowest BCUT2D eigenvalue weighted by Gasteiger charge is -2.08. The molecule has 1 heterocycles. The van der Waals surface area contributed by atoms with Crippen LogP contribution in [0, 0.1) is 25.2 Å². The van der Waals surface area contributed by atoms with Crippen LogP contribution in [0.15, 0.2) is 18.2 Å². The molecule has 0 saturated heterocycles. The average Bonchev–Trinajstić information content (AvgIpc) is 2.31. The van der Waals surface area contributed by atoms with Crippen LogP contribution in [0.1, 0.15) is 23.6 Å². The zero-order chi connectivity index (χ0) is 12.4. The van der Waals surface area contributed by atoms with E-state index in [1.54, 1.807) is 0 Å². The number of aromatic nitrogens is 1. The third-order valence-electron chi connectivity index (χ3n) is 2.80. The van der Waals surface area contributed by atoms with E-state index in [0.29, 0.717) is 18.1 Å². The Morgan fingerprint density at radius 3 is 2.59 bits per heavy atom. The first-order chi connectivity index (χ1) is 8.15. The number of fused-ring (bicyclic) bond motifs is 1. The van der Waals surface area contributed by atoms with Gasteiger partial charge in [-0.2, -0.15) is 5.26 Å². The minimum atomic E-state index is 0.422. The van der Waals surface area contributed by atoms with Gasteiger partial charge in [-0.05, 0) is 50.1 Å². The van der Waals surface area contributed by atoms with Crippen molar-refractivity contribution in [1.82, 2.24) is 4.98 Å². The van der Waals surface area contributed by atoms with E-state index in [1.807, 2.05) is 25.1 Å². The fourth-order valence-electron chi connectivity index (χ4n) is 1.75. The second kappa shape index (κ2) is 4.42. The van der Waals surface area contributed by atoms with Crippen molar-refractivity contribution < 1.29 is 4.74 Å². The summed E-state index contributed by atoms with van der Waals surface area (Å²) in [5, 5.41) is 10.0. The van der Waals surface area contributed by atoms with Crippen molar-refractivity contribution in [2.45, 2.75) is 20.8 Å². The van der Waals surface area contributed by atoms with Crippen molar-refractivity contribution >= 4 is 10.9 Å². The van der Waals surface area contributed by atoms with Gasteiger partial charge in [-0.3, -0.25) is 0 Å². The number of aryl methyl sites for hydroxylation is 2. The van der Waals surface area contributed by atoms with Crippen LogP contribution in [0.5, 0.6) is 5.88 Å². The Morgan fingerprint density at radius 2 is 1.94 bits per heavy atom. The van der Waals surface area contributed by atoms with E-state index >= 15 is 0 Å². The van der Waals surface area contributed by atoms with Crippen molar-refractivity contribution in [3.63, 3.8) is 0 Å². The third-order valence-corrected chi connectivity index (χ3v) is 2.80. The molecule has 0 saturated carbocycles. The molecule has 1 aromatic carbocycles. The molecule has 3 heteroatoms. The number of hydrogen-bond acceptors (Lipinski definition) is 3. The van der Waals surface area contributed by atoms with Gasteiger partial charge < -0.3 is 4.74 Å². The molecule has 0 bridgehead atoms. The second-order valence-electron chi connectivity index (χ2n) is 4.02. The van der Waals surface area contributed by atoms with Crippen molar-refractivity contribution in [3.05, 3.63) is 34.9 Å². The maximum absolute atomic E-state index is 9.06. The topological polar surface area (TPSA) is 45.9 Å². The van der Waals surface area contributed by atoms with E-state index in [1.165, 1.54) is 11.1 Å². The van der Waals surface area contributed by atoms with Crippen LogP contribution >= 0.6 is 0 Å². The number of benzene rings is 1. The largest absolute Gasteiger partial charge is 0.477 e. The summed E-state index contributed by atoms with van der Waals surface area (Å²) >= 11 is 0. The van der Waals surface area contributed by atoms with Gasteiger partial charge in [-0.15, -0.1) is 0 Å². The molecule has 1 aromatic heterocycles. The minimum Gasteiger partial charge on any atom is -0.477 e. The Labute approximate surface area is 101 Å². The first-order valence-electron chi connectivity index (χ1n) is 5.60. The summed E-state index contributed by atoms with van der Waals surface area (Å²) in [6.07, 6.45) is 0. The minimum absolute atomic E-state index is 0.422. The predicted octanol–water partition coefficient (Wildman–Crippen LogP) is 3.12. The molecule has 2 rings (SSSR count). The van der Waals surface area contributed by atoms with Gasteiger partial charge in [0, 0.05) is 5.39 Å². The van der Waals surface area contributed by atoms with Gasteiger partial charge in [0.1, 0.15) is 11.6 Å². The van der Waals surface area contributed by atoms with Gasteiger partial charge in [0.05, 0.1) is 12.1 Å². The van der Waals surface area contributed by atoms with Crippen molar-refractivity contribution in [2.24, 2.45) is 0 Å². The number of ether oxygens (including phenoxy) is 1. The van der Waals surface area contributed by atoms with Gasteiger partial charge in [-0.1, -0.05) is 0 Å². The number of pyridine rings is 1. The molecule has 0 fully saturated rings. The zero-order valence-corrected chi connectivity index (χ0v) is 10.2. The highest BCUT2D eigenvalue weighted by Crippen LogP contribution is 2.24. The number of nitriles is 1. The maximum atomic E-state index is 9.06. The summed E-state index contributed by atoms with van der Waals surface area (Å²) in [5.41, 5.74) is 3.75. The Hall–Kier alpha value is -2.08. The summed E-state index contributed by atoms with van der Waals surface area (Å²) in [7, 11) is 0. The summed E-state index contributed by atoms with van der Waals surface area (Å²) in [4.78, 5) is 4.39.